The zero-order valence-electron chi connectivity index (χ0n) is 10.3. The zero-order chi connectivity index (χ0) is 13.5. The minimum atomic E-state index is -0.274. The van der Waals surface area contributed by atoms with Crippen LogP contribution in [0.4, 0.5) is 5.69 Å². The Morgan fingerprint density at radius 1 is 1.11 bits per heavy atom. The van der Waals surface area contributed by atoms with E-state index in [4.69, 9.17) is 4.74 Å². The Morgan fingerprint density at radius 2 is 1.89 bits per heavy atom. The molecule has 19 heavy (non-hydrogen) atoms. The van der Waals surface area contributed by atoms with Gasteiger partial charge in [0.2, 0.25) is 0 Å². The Labute approximate surface area is 120 Å². The Balaban J connectivity index is 1.76. The van der Waals surface area contributed by atoms with Crippen LogP contribution < -0.4 is 5.32 Å². The average molecular weight is 320 g/mol. The van der Waals surface area contributed by atoms with Crippen LogP contribution in [0.25, 0.3) is 0 Å². The number of esters is 1. The summed E-state index contributed by atoms with van der Waals surface area (Å²) in [5, 5.41) is 3.01. The van der Waals surface area contributed by atoms with Gasteiger partial charge in [0, 0.05) is 10.2 Å². The van der Waals surface area contributed by atoms with Gasteiger partial charge in [0.15, 0.2) is 0 Å². The number of carbonyl (C=O) groups excluding carboxylic acids is 1. The van der Waals surface area contributed by atoms with Gasteiger partial charge in [0.25, 0.3) is 0 Å². The summed E-state index contributed by atoms with van der Waals surface area (Å²) in [4.78, 5) is 11.6. The van der Waals surface area contributed by atoms with Gasteiger partial charge in [-0.15, -0.1) is 0 Å². The van der Waals surface area contributed by atoms with Crippen LogP contribution in [0.2, 0.25) is 0 Å². The minimum Gasteiger partial charge on any atom is -0.460 e. The molecule has 2 aromatic rings. The van der Waals surface area contributed by atoms with Crippen molar-refractivity contribution in [3.05, 3.63) is 64.6 Å². The fraction of sp³-hybridized carbons (Fsp3) is 0.133. The van der Waals surface area contributed by atoms with Crippen molar-refractivity contribution in [1.29, 1.82) is 0 Å². The number of ether oxygens (including phenoxy) is 1. The quantitative estimate of drug-likeness (QED) is 0.856. The molecule has 0 atom stereocenters. The van der Waals surface area contributed by atoms with E-state index < -0.39 is 0 Å². The summed E-state index contributed by atoms with van der Waals surface area (Å²) in [7, 11) is 0. The van der Waals surface area contributed by atoms with Crippen LogP contribution in [0.1, 0.15) is 5.56 Å². The van der Waals surface area contributed by atoms with Crippen LogP contribution in [0, 0.1) is 0 Å². The van der Waals surface area contributed by atoms with E-state index in [0.717, 1.165) is 15.7 Å². The first-order valence-corrected chi connectivity index (χ1v) is 6.72. The molecule has 0 bridgehead atoms. The molecule has 0 spiro atoms. The van der Waals surface area contributed by atoms with Crippen LogP contribution in [0.15, 0.2) is 59.1 Å². The molecule has 0 heterocycles. The highest BCUT2D eigenvalue weighted by Crippen LogP contribution is 2.12. The van der Waals surface area contributed by atoms with E-state index in [-0.39, 0.29) is 19.1 Å². The Kier molecular flexibility index (Phi) is 4.98. The number of benzene rings is 2. The topological polar surface area (TPSA) is 38.3 Å². The van der Waals surface area contributed by atoms with E-state index in [2.05, 4.69) is 21.2 Å². The maximum atomic E-state index is 11.6. The van der Waals surface area contributed by atoms with Crippen molar-refractivity contribution < 1.29 is 9.53 Å². The lowest BCUT2D eigenvalue weighted by Gasteiger charge is -2.07. The molecule has 3 nitrogen and oxygen atoms in total. The van der Waals surface area contributed by atoms with Crippen LogP contribution >= 0.6 is 15.9 Å². The molecule has 0 fully saturated rings. The van der Waals surface area contributed by atoms with Crippen molar-refractivity contribution in [2.45, 2.75) is 6.61 Å². The second kappa shape index (κ2) is 6.95. The third-order valence-corrected chi connectivity index (χ3v) is 2.99. The van der Waals surface area contributed by atoms with E-state index in [1.54, 1.807) is 0 Å². The molecule has 2 rings (SSSR count). The zero-order valence-corrected chi connectivity index (χ0v) is 11.9. The standard InChI is InChI=1S/C15H14BrNO2/c16-13-6-4-5-12(9-13)11-19-15(18)10-17-14-7-2-1-3-8-14/h1-9,17H,10-11H2. The minimum absolute atomic E-state index is 0.165. The summed E-state index contributed by atoms with van der Waals surface area (Å²) in [6.07, 6.45) is 0. The molecular weight excluding hydrogens is 306 g/mol. The summed E-state index contributed by atoms with van der Waals surface area (Å²) in [5.41, 5.74) is 1.87. The van der Waals surface area contributed by atoms with E-state index in [0.29, 0.717) is 0 Å². The molecule has 0 aromatic heterocycles. The third kappa shape index (κ3) is 4.75. The molecule has 0 saturated heterocycles. The van der Waals surface area contributed by atoms with Gasteiger partial charge in [-0.1, -0.05) is 46.3 Å². The number of rotatable bonds is 5. The summed E-state index contributed by atoms with van der Waals surface area (Å²) < 4.78 is 6.16. The van der Waals surface area contributed by atoms with Crippen molar-refractivity contribution in [3.63, 3.8) is 0 Å². The second-order valence-corrected chi connectivity index (χ2v) is 4.93. The fourth-order valence-corrected chi connectivity index (χ4v) is 2.02. The highest BCUT2D eigenvalue weighted by molar-refractivity contribution is 9.10. The molecule has 2 aromatic carbocycles. The lowest BCUT2D eigenvalue weighted by Crippen LogP contribution is -2.16. The van der Waals surface area contributed by atoms with Crippen LogP contribution in [0.5, 0.6) is 0 Å². The summed E-state index contributed by atoms with van der Waals surface area (Å²) in [6.45, 7) is 0.451. The van der Waals surface area contributed by atoms with E-state index in [1.807, 2.05) is 54.6 Å². The Hall–Kier alpha value is -1.81. The smallest absolute Gasteiger partial charge is 0.325 e. The van der Waals surface area contributed by atoms with Crippen LogP contribution in [-0.2, 0) is 16.1 Å². The number of halogens is 1. The average Bonchev–Trinajstić information content (AvgIpc) is 2.44. The SMILES string of the molecule is O=C(CNc1ccccc1)OCc1cccc(Br)c1. The Morgan fingerprint density at radius 3 is 2.63 bits per heavy atom. The molecule has 0 saturated carbocycles. The van der Waals surface area contributed by atoms with Crippen molar-refractivity contribution in [1.82, 2.24) is 0 Å². The molecule has 1 N–H and O–H groups in total. The van der Waals surface area contributed by atoms with E-state index >= 15 is 0 Å². The third-order valence-electron chi connectivity index (χ3n) is 2.50. The summed E-state index contributed by atoms with van der Waals surface area (Å²) >= 11 is 3.38. The monoisotopic (exact) mass is 319 g/mol. The molecule has 0 amide bonds. The highest BCUT2D eigenvalue weighted by atomic mass is 79.9. The number of carbonyl (C=O) groups is 1. The van der Waals surface area contributed by atoms with E-state index in [9.17, 15) is 4.79 Å². The first-order chi connectivity index (χ1) is 9.24. The second-order valence-electron chi connectivity index (χ2n) is 4.01. The van der Waals surface area contributed by atoms with Gasteiger partial charge < -0.3 is 10.1 Å². The van der Waals surface area contributed by atoms with Gasteiger partial charge in [0.1, 0.15) is 13.2 Å². The number of nitrogens with one attached hydrogen (secondary N) is 1. The van der Waals surface area contributed by atoms with Gasteiger partial charge in [-0.2, -0.15) is 0 Å². The van der Waals surface area contributed by atoms with Crippen molar-refractivity contribution >= 4 is 27.6 Å². The first kappa shape index (κ1) is 13.6. The van der Waals surface area contributed by atoms with Gasteiger partial charge >= 0.3 is 5.97 Å². The Bertz CT molecular complexity index is 543. The summed E-state index contributed by atoms with van der Waals surface area (Å²) in [5.74, 6) is -0.274. The fourth-order valence-electron chi connectivity index (χ4n) is 1.57. The molecule has 98 valence electrons. The first-order valence-electron chi connectivity index (χ1n) is 5.93. The molecule has 0 radical (unpaired) electrons. The van der Waals surface area contributed by atoms with Crippen molar-refractivity contribution in [3.8, 4) is 0 Å². The van der Waals surface area contributed by atoms with Gasteiger partial charge in [-0.05, 0) is 29.8 Å². The number of anilines is 1. The molecule has 0 aliphatic rings. The molecule has 0 aliphatic heterocycles. The van der Waals surface area contributed by atoms with E-state index in [1.165, 1.54) is 0 Å². The van der Waals surface area contributed by atoms with Crippen LogP contribution in [0.3, 0.4) is 0 Å². The largest absolute Gasteiger partial charge is 0.460 e. The number of hydrogen-bond donors (Lipinski definition) is 1. The van der Waals surface area contributed by atoms with Crippen molar-refractivity contribution in [2.75, 3.05) is 11.9 Å². The lowest BCUT2D eigenvalue weighted by molar-refractivity contribution is -0.142. The number of hydrogen-bond acceptors (Lipinski definition) is 3. The van der Waals surface area contributed by atoms with Gasteiger partial charge in [0.05, 0.1) is 0 Å². The normalized spacial score (nSPS) is 9.95. The van der Waals surface area contributed by atoms with Crippen molar-refractivity contribution in [2.24, 2.45) is 0 Å². The summed E-state index contributed by atoms with van der Waals surface area (Å²) in [6, 6.07) is 17.3. The maximum Gasteiger partial charge on any atom is 0.325 e. The number of para-hydroxylation sites is 1. The predicted octanol–water partition coefficient (Wildman–Crippen LogP) is 3.60. The van der Waals surface area contributed by atoms with Gasteiger partial charge in [-0.3, -0.25) is 4.79 Å². The predicted molar refractivity (Wildman–Crippen MR) is 78.9 cm³/mol. The highest BCUT2D eigenvalue weighted by Gasteiger charge is 2.03. The molecule has 0 aliphatic carbocycles. The lowest BCUT2D eigenvalue weighted by atomic mass is 10.2. The maximum absolute atomic E-state index is 11.6. The van der Waals surface area contributed by atoms with Gasteiger partial charge in [-0.25, -0.2) is 0 Å². The molecule has 0 unspecified atom stereocenters. The van der Waals surface area contributed by atoms with Crippen LogP contribution in [-0.4, -0.2) is 12.5 Å². The molecule has 4 heteroatoms. The molecular formula is C15H14BrNO2.